The monoisotopic (exact) mass is 230 g/mol. The summed E-state index contributed by atoms with van der Waals surface area (Å²) in [5.74, 6) is 0. The van der Waals surface area contributed by atoms with E-state index in [1.807, 2.05) is 0 Å². The number of anilines is 1. The summed E-state index contributed by atoms with van der Waals surface area (Å²) in [5, 5.41) is 18.1. The second-order valence-electron chi connectivity index (χ2n) is 3.39. The molecule has 0 aliphatic rings. The lowest BCUT2D eigenvalue weighted by Gasteiger charge is -2.18. The molecule has 0 bridgehead atoms. The summed E-state index contributed by atoms with van der Waals surface area (Å²) in [6, 6.07) is 0. The predicted octanol–water partition coefficient (Wildman–Crippen LogP) is 0.715. The molecule has 1 aromatic rings. The van der Waals surface area contributed by atoms with Crippen molar-refractivity contribution in [2.45, 2.75) is 26.3 Å². The van der Waals surface area contributed by atoms with Gasteiger partial charge in [0.15, 0.2) is 0 Å². The van der Waals surface area contributed by atoms with Gasteiger partial charge in [-0.15, -0.1) is 10.2 Å². The lowest BCUT2D eigenvalue weighted by atomic mass is 10.3. The first-order chi connectivity index (χ1) is 7.26. The Labute approximate surface area is 93.9 Å². The quantitative estimate of drug-likeness (QED) is 0.721. The second kappa shape index (κ2) is 6.71. The molecule has 0 amide bonds. The molecule has 6 heteroatoms. The summed E-state index contributed by atoms with van der Waals surface area (Å²) in [6.45, 7) is 4.73. The van der Waals surface area contributed by atoms with Crippen LogP contribution in [0.15, 0.2) is 0 Å². The van der Waals surface area contributed by atoms with Crippen LogP contribution >= 0.6 is 11.3 Å². The van der Waals surface area contributed by atoms with E-state index in [4.69, 9.17) is 10.8 Å². The van der Waals surface area contributed by atoms with Gasteiger partial charge in [0.05, 0.1) is 13.2 Å². The van der Waals surface area contributed by atoms with E-state index in [0.717, 1.165) is 30.9 Å². The molecule has 15 heavy (non-hydrogen) atoms. The Kier molecular flexibility index (Phi) is 5.52. The summed E-state index contributed by atoms with van der Waals surface area (Å²) in [6.07, 6.45) is 2.29. The maximum Gasteiger partial charge on any atom is 0.203 e. The molecule has 1 heterocycles. The number of hydrogen-bond acceptors (Lipinski definition) is 6. The topological polar surface area (TPSA) is 75.3 Å². The van der Waals surface area contributed by atoms with Gasteiger partial charge in [0, 0.05) is 6.54 Å². The van der Waals surface area contributed by atoms with Crippen molar-refractivity contribution in [3.05, 3.63) is 5.01 Å². The van der Waals surface area contributed by atoms with Gasteiger partial charge in [-0.3, -0.25) is 4.90 Å². The molecule has 0 radical (unpaired) electrons. The molecule has 0 spiro atoms. The molecule has 3 N–H and O–H groups in total. The second-order valence-corrected chi connectivity index (χ2v) is 4.48. The summed E-state index contributed by atoms with van der Waals surface area (Å²) < 4.78 is 0. The van der Waals surface area contributed by atoms with Crippen molar-refractivity contribution in [1.29, 1.82) is 0 Å². The Morgan fingerprint density at radius 1 is 1.40 bits per heavy atom. The third-order valence-electron chi connectivity index (χ3n) is 2.09. The van der Waals surface area contributed by atoms with Crippen molar-refractivity contribution in [2.24, 2.45) is 0 Å². The third kappa shape index (κ3) is 4.55. The zero-order valence-electron chi connectivity index (χ0n) is 9.02. The summed E-state index contributed by atoms with van der Waals surface area (Å²) >= 11 is 1.41. The van der Waals surface area contributed by atoms with Gasteiger partial charge in [0.2, 0.25) is 5.13 Å². The highest BCUT2D eigenvalue weighted by atomic mass is 32.1. The molecule has 86 valence electrons. The fourth-order valence-electron chi connectivity index (χ4n) is 1.31. The minimum absolute atomic E-state index is 0.179. The average Bonchev–Trinajstić information content (AvgIpc) is 2.61. The fourth-order valence-corrected chi connectivity index (χ4v) is 1.97. The van der Waals surface area contributed by atoms with Crippen LogP contribution in [0.5, 0.6) is 0 Å². The van der Waals surface area contributed by atoms with Crippen LogP contribution in [0.2, 0.25) is 0 Å². The SMILES string of the molecule is CCCCN(CCO)Cc1nnc(N)s1. The summed E-state index contributed by atoms with van der Waals surface area (Å²) in [7, 11) is 0. The Balaban J connectivity index is 2.42. The molecule has 0 fully saturated rings. The van der Waals surface area contributed by atoms with E-state index in [9.17, 15) is 0 Å². The van der Waals surface area contributed by atoms with Gasteiger partial charge in [0.1, 0.15) is 5.01 Å². The molecule has 0 aromatic carbocycles. The van der Waals surface area contributed by atoms with E-state index in [1.54, 1.807) is 0 Å². The summed E-state index contributed by atoms with van der Waals surface area (Å²) in [5.41, 5.74) is 5.51. The zero-order chi connectivity index (χ0) is 11.1. The van der Waals surface area contributed by atoms with Crippen LogP contribution in [0.3, 0.4) is 0 Å². The maximum atomic E-state index is 8.92. The molecule has 1 rings (SSSR count). The molecule has 0 aliphatic heterocycles. The lowest BCUT2D eigenvalue weighted by molar-refractivity contribution is 0.188. The molecule has 1 aromatic heterocycles. The number of rotatable bonds is 7. The molecular weight excluding hydrogens is 212 g/mol. The van der Waals surface area contributed by atoms with Crippen molar-refractivity contribution in [1.82, 2.24) is 15.1 Å². The molecule has 0 saturated heterocycles. The summed E-state index contributed by atoms with van der Waals surface area (Å²) in [4.78, 5) is 2.17. The zero-order valence-corrected chi connectivity index (χ0v) is 9.83. The van der Waals surface area contributed by atoms with Gasteiger partial charge >= 0.3 is 0 Å². The molecule has 0 unspecified atom stereocenters. The van der Waals surface area contributed by atoms with Crippen LogP contribution in [0.4, 0.5) is 5.13 Å². The van der Waals surface area contributed by atoms with Gasteiger partial charge in [-0.2, -0.15) is 0 Å². The van der Waals surface area contributed by atoms with E-state index in [2.05, 4.69) is 22.0 Å². The molecular formula is C9H18N4OS. The smallest absolute Gasteiger partial charge is 0.203 e. The highest BCUT2D eigenvalue weighted by Crippen LogP contribution is 2.13. The van der Waals surface area contributed by atoms with E-state index in [1.165, 1.54) is 11.3 Å². The van der Waals surface area contributed by atoms with Crippen LogP contribution in [-0.4, -0.2) is 39.9 Å². The Morgan fingerprint density at radius 2 is 2.20 bits per heavy atom. The Morgan fingerprint density at radius 3 is 2.73 bits per heavy atom. The number of aliphatic hydroxyl groups excluding tert-OH is 1. The van der Waals surface area contributed by atoms with Crippen LogP contribution in [-0.2, 0) is 6.54 Å². The highest BCUT2D eigenvalue weighted by molar-refractivity contribution is 7.15. The highest BCUT2D eigenvalue weighted by Gasteiger charge is 2.08. The molecule has 0 aliphatic carbocycles. The largest absolute Gasteiger partial charge is 0.395 e. The normalized spacial score (nSPS) is 11.1. The first-order valence-corrected chi connectivity index (χ1v) is 5.99. The maximum absolute atomic E-state index is 8.92. The minimum atomic E-state index is 0.179. The Hall–Kier alpha value is -0.720. The van der Waals surface area contributed by atoms with E-state index >= 15 is 0 Å². The number of hydrogen-bond donors (Lipinski definition) is 2. The number of nitrogen functional groups attached to an aromatic ring is 1. The predicted molar refractivity (Wildman–Crippen MR) is 61.6 cm³/mol. The van der Waals surface area contributed by atoms with Crippen molar-refractivity contribution in [2.75, 3.05) is 25.4 Å². The first kappa shape index (κ1) is 12.4. The van der Waals surface area contributed by atoms with Crippen LogP contribution in [0.25, 0.3) is 0 Å². The average molecular weight is 230 g/mol. The van der Waals surface area contributed by atoms with Gasteiger partial charge in [-0.1, -0.05) is 24.7 Å². The number of nitrogens with two attached hydrogens (primary N) is 1. The van der Waals surface area contributed by atoms with Gasteiger partial charge in [-0.05, 0) is 13.0 Å². The molecule has 5 nitrogen and oxygen atoms in total. The molecule has 0 saturated carbocycles. The standard InChI is InChI=1S/C9H18N4OS/c1-2-3-4-13(5-6-14)7-8-11-12-9(10)15-8/h14H,2-7H2,1H3,(H2,10,12). The van der Waals surface area contributed by atoms with E-state index in [0.29, 0.717) is 11.7 Å². The van der Waals surface area contributed by atoms with Crippen LogP contribution < -0.4 is 5.73 Å². The number of aliphatic hydroxyl groups is 1. The van der Waals surface area contributed by atoms with Crippen LogP contribution in [0.1, 0.15) is 24.8 Å². The van der Waals surface area contributed by atoms with Gasteiger partial charge < -0.3 is 10.8 Å². The first-order valence-electron chi connectivity index (χ1n) is 5.17. The van der Waals surface area contributed by atoms with Gasteiger partial charge in [0.25, 0.3) is 0 Å². The van der Waals surface area contributed by atoms with Crippen LogP contribution in [0, 0.1) is 0 Å². The lowest BCUT2D eigenvalue weighted by Crippen LogP contribution is -2.27. The molecule has 0 atom stereocenters. The minimum Gasteiger partial charge on any atom is -0.395 e. The van der Waals surface area contributed by atoms with E-state index in [-0.39, 0.29) is 6.61 Å². The van der Waals surface area contributed by atoms with Crippen molar-refractivity contribution in [3.63, 3.8) is 0 Å². The van der Waals surface area contributed by atoms with Crippen molar-refractivity contribution in [3.8, 4) is 0 Å². The third-order valence-corrected chi connectivity index (χ3v) is 2.82. The van der Waals surface area contributed by atoms with E-state index < -0.39 is 0 Å². The number of aromatic nitrogens is 2. The Bertz CT molecular complexity index is 279. The van der Waals surface area contributed by atoms with Crippen molar-refractivity contribution < 1.29 is 5.11 Å². The fraction of sp³-hybridized carbons (Fsp3) is 0.778. The number of unbranched alkanes of at least 4 members (excludes halogenated alkanes) is 1. The van der Waals surface area contributed by atoms with Crippen molar-refractivity contribution >= 4 is 16.5 Å². The number of nitrogens with zero attached hydrogens (tertiary/aromatic N) is 3. The van der Waals surface area contributed by atoms with Gasteiger partial charge in [-0.25, -0.2) is 0 Å².